The molecule has 3 heteroatoms. The Bertz CT molecular complexity index is 269. The SMILES string of the molecule is CCCCCC(C)Nc1ccc(N)cn1. The molecule has 0 bridgehead atoms. The first-order valence-electron chi connectivity index (χ1n) is 5.70. The second kappa shape index (κ2) is 6.27. The van der Waals surface area contributed by atoms with Gasteiger partial charge >= 0.3 is 0 Å². The Labute approximate surface area is 92.1 Å². The van der Waals surface area contributed by atoms with E-state index in [0.717, 1.165) is 5.82 Å². The first kappa shape index (κ1) is 11.8. The number of unbranched alkanes of at least 4 members (excludes halogenated alkanes) is 2. The standard InChI is InChI=1S/C12H21N3/c1-3-4-5-6-10(2)15-12-8-7-11(13)9-14-12/h7-10H,3-6,13H2,1-2H3,(H,14,15). The summed E-state index contributed by atoms with van der Waals surface area (Å²) in [4.78, 5) is 4.21. The van der Waals surface area contributed by atoms with Crippen LogP contribution in [0.2, 0.25) is 0 Å². The molecule has 15 heavy (non-hydrogen) atoms. The molecule has 3 nitrogen and oxygen atoms in total. The number of nitrogen functional groups attached to an aromatic ring is 1. The van der Waals surface area contributed by atoms with Crippen LogP contribution in [0.5, 0.6) is 0 Å². The fraction of sp³-hybridized carbons (Fsp3) is 0.583. The summed E-state index contributed by atoms with van der Waals surface area (Å²) in [6, 6.07) is 4.27. The molecule has 0 amide bonds. The Hall–Kier alpha value is -1.25. The van der Waals surface area contributed by atoms with E-state index in [4.69, 9.17) is 5.73 Å². The van der Waals surface area contributed by atoms with E-state index in [2.05, 4.69) is 24.1 Å². The Morgan fingerprint density at radius 1 is 1.40 bits per heavy atom. The predicted octanol–water partition coefficient (Wildman–Crippen LogP) is 3.04. The molecule has 1 rings (SSSR count). The van der Waals surface area contributed by atoms with E-state index in [0.29, 0.717) is 11.7 Å². The van der Waals surface area contributed by atoms with E-state index in [1.165, 1.54) is 25.7 Å². The minimum absolute atomic E-state index is 0.479. The van der Waals surface area contributed by atoms with E-state index in [1.807, 2.05) is 12.1 Å². The molecule has 0 saturated heterocycles. The van der Waals surface area contributed by atoms with E-state index in [1.54, 1.807) is 6.20 Å². The van der Waals surface area contributed by atoms with Gasteiger partial charge in [0, 0.05) is 6.04 Å². The van der Waals surface area contributed by atoms with Crippen LogP contribution in [-0.2, 0) is 0 Å². The molecular weight excluding hydrogens is 186 g/mol. The molecule has 3 N–H and O–H groups in total. The van der Waals surface area contributed by atoms with E-state index < -0.39 is 0 Å². The highest BCUT2D eigenvalue weighted by Crippen LogP contribution is 2.10. The zero-order valence-corrected chi connectivity index (χ0v) is 9.66. The molecule has 0 aliphatic rings. The molecule has 0 spiro atoms. The van der Waals surface area contributed by atoms with Crippen LogP contribution in [-0.4, -0.2) is 11.0 Å². The van der Waals surface area contributed by atoms with Crippen molar-refractivity contribution in [3.8, 4) is 0 Å². The molecule has 0 aliphatic heterocycles. The fourth-order valence-corrected chi connectivity index (χ4v) is 1.52. The number of rotatable bonds is 6. The normalized spacial score (nSPS) is 12.4. The summed E-state index contributed by atoms with van der Waals surface area (Å²) in [5, 5.41) is 3.36. The number of anilines is 2. The number of nitrogens with two attached hydrogens (primary N) is 1. The van der Waals surface area contributed by atoms with Crippen molar-refractivity contribution < 1.29 is 0 Å². The Balaban J connectivity index is 2.31. The number of aromatic nitrogens is 1. The predicted molar refractivity (Wildman–Crippen MR) is 65.9 cm³/mol. The maximum atomic E-state index is 5.57. The van der Waals surface area contributed by atoms with Gasteiger partial charge in [-0.25, -0.2) is 4.98 Å². The van der Waals surface area contributed by atoms with E-state index in [9.17, 15) is 0 Å². The van der Waals surface area contributed by atoms with Crippen LogP contribution in [0.4, 0.5) is 11.5 Å². The first-order valence-corrected chi connectivity index (χ1v) is 5.70. The molecule has 0 aliphatic carbocycles. The van der Waals surface area contributed by atoms with Gasteiger partial charge in [-0.2, -0.15) is 0 Å². The van der Waals surface area contributed by atoms with Crippen molar-refractivity contribution in [2.45, 2.75) is 45.6 Å². The van der Waals surface area contributed by atoms with Crippen LogP contribution in [0.15, 0.2) is 18.3 Å². The lowest BCUT2D eigenvalue weighted by Crippen LogP contribution is -2.15. The van der Waals surface area contributed by atoms with Gasteiger partial charge in [0.05, 0.1) is 11.9 Å². The molecule has 1 unspecified atom stereocenters. The highest BCUT2D eigenvalue weighted by atomic mass is 15.0. The van der Waals surface area contributed by atoms with Gasteiger partial charge in [0.1, 0.15) is 5.82 Å². The Morgan fingerprint density at radius 2 is 2.20 bits per heavy atom. The van der Waals surface area contributed by atoms with Gasteiger partial charge in [0.15, 0.2) is 0 Å². The van der Waals surface area contributed by atoms with Crippen molar-refractivity contribution in [2.75, 3.05) is 11.1 Å². The molecule has 0 aromatic carbocycles. The maximum Gasteiger partial charge on any atom is 0.126 e. The smallest absolute Gasteiger partial charge is 0.126 e. The van der Waals surface area contributed by atoms with Gasteiger partial charge in [0.2, 0.25) is 0 Å². The maximum absolute atomic E-state index is 5.57. The van der Waals surface area contributed by atoms with Gasteiger partial charge in [-0.1, -0.05) is 26.2 Å². The third-order valence-corrected chi connectivity index (χ3v) is 2.42. The summed E-state index contributed by atoms with van der Waals surface area (Å²) in [6.45, 7) is 4.41. The van der Waals surface area contributed by atoms with Crippen LogP contribution >= 0.6 is 0 Å². The Morgan fingerprint density at radius 3 is 2.80 bits per heavy atom. The lowest BCUT2D eigenvalue weighted by atomic mass is 10.1. The third-order valence-electron chi connectivity index (χ3n) is 2.42. The van der Waals surface area contributed by atoms with Crippen molar-refractivity contribution in [3.63, 3.8) is 0 Å². The molecule has 1 aromatic heterocycles. The second-order valence-corrected chi connectivity index (χ2v) is 4.02. The van der Waals surface area contributed by atoms with Gasteiger partial charge in [0.25, 0.3) is 0 Å². The minimum atomic E-state index is 0.479. The Kier molecular flexibility index (Phi) is 4.95. The van der Waals surface area contributed by atoms with E-state index in [-0.39, 0.29) is 0 Å². The average molecular weight is 207 g/mol. The summed E-state index contributed by atoms with van der Waals surface area (Å²) in [5.74, 6) is 0.910. The lowest BCUT2D eigenvalue weighted by Gasteiger charge is -2.14. The molecular formula is C12H21N3. The highest BCUT2D eigenvalue weighted by molar-refractivity contribution is 5.44. The van der Waals surface area contributed by atoms with Crippen molar-refractivity contribution in [3.05, 3.63) is 18.3 Å². The number of hydrogen-bond acceptors (Lipinski definition) is 3. The van der Waals surface area contributed by atoms with Crippen molar-refractivity contribution in [2.24, 2.45) is 0 Å². The van der Waals surface area contributed by atoms with Gasteiger partial charge < -0.3 is 11.1 Å². The van der Waals surface area contributed by atoms with E-state index >= 15 is 0 Å². The molecule has 84 valence electrons. The number of hydrogen-bond donors (Lipinski definition) is 2. The van der Waals surface area contributed by atoms with Gasteiger partial charge in [-0.3, -0.25) is 0 Å². The van der Waals surface area contributed by atoms with Crippen LogP contribution in [0.3, 0.4) is 0 Å². The average Bonchev–Trinajstić information content (AvgIpc) is 2.22. The summed E-state index contributed by atoms with van der Waals surface area (Å²) in [6.07, 6.45) is 6.73. The van der Waals surface area contributed by atoms with Crippen LogP contribution in [0.25, 0.3) is 0 Å². The minimum Gasteiger partial charge on any atom is -0.397 e. The van der Waals surface area contributed by atoms with Gasteiger partial charge in [-0.15, -0.1) is 0 Å². The molecule has 1 heterocycles. The fourth-order valence-electron chi connectivity index (χ4n) is 1.52. The van der Waals surface area contributed by atoms with Crippen LogP contribution in [0, 0.1) is 0 Å². The number of pyridine rings is 1. The zero-order valence-electron chi connectivity index (χ0n) is 9.66. The number of nitrogens with one attached hydrogen (secondary N) is 1. The molecule has 0 radical (unpaired) electrons. The quantitative estimate of drug-likeness (QED) is 0.705. The third kappa shape index (κ3) is 4.68. The molecule has 1 aromatic rings. The second-order valence-electron chi connectivity index (χ2n) is 4.02. The zero-order chi connectivity index (χ0) is 11.1. The van der Waals surface area contributed by atoms with Crippen molar-refractivity contribution >= 4 is 11.5 Å². The summed E-state index contributed by atoms with van der Waals surface area (Å²) in [5.41, 5.74) is 6.27. The monoisotopic (exact) mass is 207 g/mol. The topological polar surface area (TPSA) is 50.9 Å². The van der Waals surface area contributed by atoms with Crippen molar-refractivity contribution in [1.82, 2.24) is 4.98 Å². The summed E-state index contributed by atoms with van der Waals surface area (Å²) >= 11 is 0. The number of nitrogens with zero attached hydrogens (tertiary/aromatic N) is 1. The first-order chi connectivity index (χ1) is 7.22. The lowest BCUT2D eigenvalue weighted by molar-refractivity contribution is 0.614. The molecule has 0 fully saturated rings. The van der Waals surface area contributed by atoms with Crippen LogP contribution < -0.4 is 11.1 Å². The highest BCUT2D eigenvalue weighted by Gasteiger charge is 2.01. The summed E-state index contributed by atoms with van der Waals surface area (Å²) in [7, 11) is 0. The van der Waals surface area contributed by atoms with Crippen LogP contribution in [0.1, 0.15) is 39.5 Å². The molecule has 1 atom stereocenters. The van der Waals surface area contributed by atoms with Gasteiger partial charge in [-0.05, 0) is 25.5 Å². The largest absolute Gasteiger partial charge is 0.397 e. The summed E-state index contributed by atoms with van der Waals surface area (Å²) < 4.78 is 0. The molecule has 0 saturated carbocycles. The van der Waals surface area contributed by atoms with Crippen molar-refractivity contribution in [1.29, 1.82) is 0 Å².